The Morgan fingerprint density at radius 1 is 1.31 bits per heavy atom. The molecule has 2 rings (SSSR count). The second-order valence-corrected chi connectivity index (χ2v) is 4.34. The highest BCUT2D eigenvalue weighted by Gasteiger charge is 2.14. The summed E-state index contributed by atoms with van der Waals surface area (Å²) in [6.07, 6.45) is 0. The van der Waals surface area contributed by atoms with E-state index in [-0.39, 0.29) is 6.04 Å². The van der Waals surface area contributed by atoms with Crippen LogP contribution in [0.25, 0.3) is 0 Å². The van der Waals surface area contributed by atoms with E-state index in [0.717, 1.165) is 16.2 Å². The first-order valence-corrected chi connectivity index (χ1v) is 5.86. The van der Waals surface area contributed by atoms with E-state index in [2.05, 4.69) is 17.6 Å². The third kappa shape index (κ3) is 2.24. The summed E-state index contributed by atoms with van der Waals surface area (Å²) >= 11 is 1.63. The Morgan fingerprint density at radius 3 is 2.62 bits per heavy atom. The zero-order valence-electron chi connectivity index (χ0n) is 9.01. The van der Waals surface area contributed by atoms with Crippen LogP contribution < -0.4 is 16.0 Å². The van der Waals surface area contributed by atoms with Crippen LogP contribution in [-0.4, -0.2) is 7.11 Å². The average Bonchev–Trinajstić information content (AvgIpc) is 2.80. The maximum atomic E-state index is 5.60. The number of thiophene rings is 1. The van der Waals surface area contributed by atoms with Crippen molar-refractivity contribution in [1.82, 2.24) is 5.43 Å². The molecule has 0 saturated heterocycles. The molecule has 0 fully saturated rings. The third-order valence-electron chi connectivity index (χ3n) is 2.42. The van der Waals surface area contributed by atoms with E-state index in [1.807, 2.05) is 29.6 Å². The minimum absolute atomic E-state index is 0.0232. The summed E-state index contributed by atoms with van der Waals surface area (Å²) in [7, 11) is 1.67. The van der Waals surface area contributed by atoms with Crippen LogP contribution in [0.3, 0.4) is 0 Å². The molecule has 1 unspecified atom stereocenters. The fourth-order valence-electron chi connectivity index (χ4n) is 1.58. The maximum absolute atomic E-state index is 5.60. The molecular formula is C12H14N2OS. The van der Waals surface area contributed by atoms with Gasteiger partial charge in [0.05, 0.1) is 13.2 Å². The minimum Gasteiger partial charge on any atom is -0.496 e. The van der Waals surface area contributed by atoms with Gasteiger partial charge < -0.3 is 4.74 Å². The smallest absolute Gasteiger partial charge is 0.129 e. The van der Waals surface area contributed by atoms with Crippen LogP contribution in [0.5, 0.6) is 5.75 Å². The molecule has 0 bridgehead atoms. The molecule has 0 aliphatic rings. The van der Waals surface area contributed by atoms with E-state index in [1.54, 1.807) is 18.4 Å². The third-order valence-corrected chi connectivity index (χ3v) is 3.39. The molecule has 1 heterocycles. The molecule has 0 spiro atoms. The predicted molar refractivity (Wildman–Crippen MR) is 66.5 cm³/mol. The zero-order valence-corrected chi connectivity index (χ0v) is 9.83. The molecule has 4 heteroatoms. The van der Waals surface area contributed by atoms with Crippen molar-refractivity contribution in [3.63, 3.8) is 0 Å². The molecule has 0 radical (unpaired) electrons. The van der Waals surface area contributed by atoms with E-state index in [4.69, 9.17) is 10.6 Å². The number of benzene rings is 1. The summed E-state index contributed by atoms with van der Waals surface area (Å²) in [6, 6.07) is 12.1. The van der Waals surface area contributed by atoms with Gasteiger partial charge in [-0.05, 0) is 11.6 Å². The molecular weight excluding hydrogens is 220 g/mol. The van der Waals surface area contributed by atoms with Crippen molar-refractivity contribution in [2.75, 3.05) is 7.11 Å². The van der Waals surface area contributed by atoms with Crippen LogP contribution in [0.1, 0.15) is 16.5 Å². The van der Waals surface area contributed by atoms with Crippen molar-refractivity contribution in [3.8, 4) is 5.75 Å². The lowest BCUT2D eigenvalue weighted by molar-refractivity contribution is 0.416. The first-order chi connectivity index (χ1) is 7.85. The lowest BCUT2D eigenvalue weighted by Crippen LogP contribution is -2.28. The summed E-state index contributed by atoms with van der Waals surface area (Å²) in [5.41, 5.74) is 3.97. The van der Waals surface area contributed by atoms with Gasteiger partial charge in [0.2, 0.25) is 0 Å². The SMILES string of the molecule is COc1csc(C(NN)c2ccccc2)c1. The summed E-state index contributed by atoms with van der Waals surface area (Å²) in [5.74, 6) is 6.47. The number of ether oxygens (including phenoxy) is 1. The largest absolute Gasteiger partial charge is 0.496 e. The van der Waals surface area contributed by atoms with Crippen LogP contribution in [0.2, 0.25) is 0 Å². The number of rotatable bonds is 4. The average molecular weight is 234 g/mol. The monoisotopic (exact) mass is 234 g/mol. The number of nitrogens with two attached hydrogens (primary N) is 1. The van der Waals surface area contributed by atoms with Gasteiger partial charge in [-0.3, -0.25) is 5.84 Å². The number of hydrogen-bond donors (Lipinski definition) is 2. The Kier molecular flexibility index (Phi) is 3.56. The Labute approximate surface area is 98.8 Å². The molecule has 3 N–H and O–H groups in total. The van der Waals surface area contributed by atoms with Gasteiger partial charge in [-0.25, -0.2) is 5.43 Å². The molecule has 1 atom stereocenters. The van der Waals surface area contributed by atoms with E-state index in [0.29, 0.717) is 0 Å². The van der Waals surface area contributed by atoms with Crippen LogP contribution in [-0.2, 0) is 0 Å². The highest BCUT2D eigenvalue weighted by molar-refractivity contribution is 7.10. The van der Waals surface area contributed by atoms with Gasteiger partial charge in [-0.1, -0.05) is 30.3 Å². The molecule has 84 valence electrons. The molecule has 0 aliphatic heterocycles. The van der Waals surface area contributed by atoms with Crippen molar-refractivity contribution in [3.05, 3.63) is 52.2 Å². The lowest BCUT2D eigenvalue weighted by atomic mass is 10.1. The van der Waals surface area contributed by atoms with Gasteiger partial charge in [-0.2, -0.15) is 0 Å². The minimum atomic E-state index is 0.0232. The Hall–Kier alpha value is -1.36. The maximum Gasteiger partial charge on any atom is 0.129 e. The second kappa shape index (κ2) is 5.12. The van der Waals surface area contributed by atoms with Crippen LogP contribution in [0, 0.1) is 0 Å². The number of nitrogens with one attached hydrogen (secondary N) is 1. The molecule has 1 aromatic carbocycles. The molecule has 16 heavy (non-hydrogen) atoms. The van der Waals surface area contributed by atoms with Gasteiger partial charge in [0.15, 0.2) is 0 Å². The number of hydrazine groups is 1. The first kappa shape index (κ1) is 11.1. The highest BCUT2D eigenvalue weighted by atomic mass is 32.1. The first-order valence-electron chi connectivity index (χ1n) is 4.98. The Bertz CT molecular complexity index is 441. The molecule has 0 amide bonds. The van der Waals surface area contributed by atoms with Gasteiger partial charge in [0, 0.05) is 10.3 Å². The fourth-order valence-corrected chi connectivity index (χ4v) is 2.52. The summed E-state index contributed by atoms with van der Waals surface area (Å²) < 4.78 is 5.17. The van der Waals surface area contributed by atoms with Crippen molar-refractivity contribution >= 4 is 11.3 Å². The Balaban J connectivity index is 2.29. The summed E-state index contributed by atoms with van der Waals surface area (Å²) in [6.45, 7) is 0. The fraction of sp³-hybridized carbons (Fsp3) is 0.167. The number of methoxy groups -OCH3 is 1. The quantitative estimate of drug-likeness (QED) is 0.630. The van der Waals surface area contributed by atoms with Crippen molar-refractivity contribution in [2.45, 2.75) is 6.04 Å². The van der Waals surface area contributed by atoms with Gasteiger partial charge >= 0.3 is 0 Å². The van der Waals surface area contributed by atoms with Crippen molar-refractivity contribution in [2.24, 2.45) is 5.84 Å². The van der Waals surface area contributed by atoms with Crippen molar-refractivity contribution in [1.29, 1.82) is 0 Å². The summed E-state index contributed by atoms with van der Waals surface area (Å²) in [5, 5.41) is 1.97. The number of hydrogen-bond acceptors (Lipinski definition) is 4. The standard InChI is InChI=1S/C12H14N2OS/c1-15-10-7-11(16-8-10)12(14-13)9-5-3-2-4-6-9/h2-8,12,14H,13H2,1H3. The van der Waals surface area contributed by atoms with E-state index in [1.165, 1.54) is 0 Å². The van der Waals surface area contributed by atoms with Crippen LogP contribution in [0.4, 0.5) is 0 Å². The normalized spacial score (nSPS) is 12.4. The highest BCUT2D eigenvalue weighted by Crippen LogP contribution is 2.30. The molecule has 0 saturated carbocycles. The molecule has 2 aromatic rings. The molecule has 3 nitrogen and oxygen atoms in total. The van der Waals surface area contributed by atoms with Crippen LogP contribution >= 0.6 is 11.3 Å². The topological polar surface area (TPSA) is 47.3 Å². The molecule has 0 aliphatic carbocycles. The predicted octanol–water partition coefficient (Wildman–Crippen LogP) is 2.31. The van der Waals surface area contributed by atoms with E-state index in [9.17, 15) is 0 Å². The van der Waals surface area contributed by atoms with Crippen molar-refractivity contribution < 1.29 is 4.74 Å². The Morgan fingerprint density at radius 2 is 2.06 bits per heavy atom. The zero-order chi connectivity index (χ0) is 11.4. The van der Waals surface area contributed by atoms with E-state index < -0.39 is 0 Å². The summed E-state index contributed by atoms with van der Waals surface area (Å²) in [4.78, 5) is 1.14. The van der Waals surface area contributed by atoms with Gasteiger partial charge in [-0.15, -0.1) is 11.3 Å². The second-order valence-electron chi connectivity index (χ2n) is 3.40. The molecule has 1 aromatic heterocycles. The van der Waals surface area contributed by atoms with Gasteiger partial charge in [0.25, 0.3) is 0 Å². The van der Waals surface area contributed by atoms with Gasteiger partial charge in [0.1, 0.15) is 5.75 Å². The van der Waals surface area contributed by atoms with E-state index >= 15 is 0 Å². The lowest BCUT2D eigenvalue weighted by Gasteiger charge is -2.14. The van der Waals surface area contributed by atoms with Crippen LogP contribution in [0.15, 0.2) is 41.8 Å².